The van der Waals surface area contributed by atoms with Crippen molar-refractivity contribution < 1.29 is 22.8 Å². The number of piperazine rings is 1. The molecule has 0 spiro atoms. The highest BCUT2D eigenvalue weighted by atomic mass is 32.2. The van der Waals surface area contributed by atoms with Crippen molar-refractivity contribution in [3.8, 4) is 11.5 Å². The van der Waals surface area contributed by atoms with Gasteiger partial charge in [-0.15, -0.1) is 0 Å². The molecular weight excluding hydrogens is 472 g/mol. The van der Waals surface area contributed by atoms with Crippen molar-refractivity contribution in [1.82, 2.24) is 0 Å². The van der Waals surface area contributed by atoms with Crippen LogP contribution in [0.15, 0.2) is 71.6 Å². The summed E-state index contributed by atoms with van der Waals surface area (Å²) < 4.78 is 39.9. The molecule has 3 aromatic rings. The van der Waals surface area contributed by atoms with Crippen LogP contribution in [0.1, 0.15) is 0 Å². The van der Waals surface area contributed by atoms with Crippen LogP contribution in [-0.4, -0.2) is 53.7 Å². The Hall–Kier alpha value is -3.99. The summed E-state index contributed by atoms with van der Waals surface area (Å²) in [6, 6.07) is 18.3. The van der Waals surface area contributed by atoms with Crippen LogP contribution in [0, 0.1) is 10.1 Å². The van der Waals surface area contributed by atoms with Gasteiger partial charge in [-0.05, 0) is 30.3 Å². The predicted molar refractivity (Wildman–Crippen MR) is 134 cm³/mol. The van der Waals surface area contributed by atoms with Crippen LogP contribution in [0.3, 0.4) is 0 Å². The highest BCUT2D eigenvalue weighted by Gasteiger charge is 2.28. The van der Waals surface area contributed by atoms with Crippen LogP contribution >= 0.6 is 0 Å². The van der Waals surface area contributed by atoms with E-state index in [1.165, 1.54) is 19.2 Å². The molecule has 4 rings (SSSR count). The highest BCUT2D eigenvalue weighted by Crippen LogP contribution is 2.34. The number of benzene rings is 3. The van der Waals surface area contributed by atoms with Gasteiger partial charge in [-0.1, -0.05) is 18.2 Å². The number of nitrogens with one attached hydrogen (secondary N) is 1. The van der Waals surface area contributed by atoms with E-state index in [1.807, 2.05) is 29.2 Å². The number of hydrogen-bond acceptors (Lipinski definition) is 8. The number of hydrogen-bond donors (Lipinski definition) is 1. The van der Waals surface area contributed by atoms with Gasteiger partial charge in [-0.25, -0.2) is 8.42 Å². The lowest BCUT2D eigenvalue weighted by Gasteiger charge is -2.38. The third-order valence-corrected chi connectivity index (χ3v) is 7.23. The molecule has 1 aliphatic rings. The largest absolute Gasteiger partial charge is 0.497 e. The summed E-state index contributed by atoms with van der Waals surface area (Å²) >= 11 is 0. The van der Waals surface area contributed by atoms with E-state index >= 15 is 0 Å². The zero-order chi connectivity index (χ0) is 25.0. The molecule has 35 heavy (non-hydrogen) atoms. The summed E-state index contributed by atoms with van der Waals surface area (Å²) in [7, 11) is -1.11. The fourth-order valence-corrected chi connectivity index (χ4v) is 5.35. The van der Waals surface area contributed by atoms with Crippen LogP contribution in [-0.2, 0) is 10.0 Å². The Morgan fingerprint density at radius 1 is 0.886 bits per heavy atom. The molecule has 1 saturated heterocycles. The van der Waals surface area contributed by atoms with Crippen molar-refractivity contribution >= 4 is 32.8 Å². The SMILES string of the molecule is COc1cccc(N2CCN(c3ccc([N+](=O)[O-])cc3S(=O)(=O)Nc3ccccc3OC)CC2)c1. The lowest BCUT2D eigenvalue weighted by Crippen LogP contribution is -2.47. The number of ether oxygens (including phenoxy) is 2. The number of methoxy groups -OCH3 is 2. The van der Waals surface area contributed by atoms with Gasteiger partial charge in [0.15, 0.2) is 0 Å². The third-order valence-electron chi connectivity index (χ3n) is 5.83. The first-order valence-electron chi connectivity index (χ1n) is 10.9. The third kappa shape index (κ3) is 5.24. The highest BCUT2D eigenvalue weighted by molar-refractivity contribution is 7.93. The van der Waals surface area contributed by atoms with Gasteiger partial charge in [-0.3, -0.25) is 14.8 Å². The van der Waals surface area contributed by atoms with Crippen molar-refractivity contribution in [3.05, 3.63) is 76.8 Å². The molecule has 3 aromatic carbocycles. The second kappa shape index (κ2) is 10.1. The Labute approximate surface area is 203 Å². The van der Waals surface area contributed by atoms with Gasteiger partial charge in [0.1, 0.15) is 16.4 Å². The molecule has 10 nitrogen and oxygen atoms in total. The molecule has 0 radical (unpaired) electrons. The monoisotopic (exact) mass is 498 g/mol. The van der Waals surface area contributed by atoms with E-state index in [9.17, 15) is 18.5 Å². The first-order chi connectivity index (χ1) is 16.8. The summed E-state index contributed by atoms with van der Waals surface area (Å²) in [4.78, 5) is 14.8. The summed E-state index contributed by atoms with van der Waals surface area (Å²) in [5.74, 6) is 1.10. The number of nitrogens with zero attached hydrogens (tertiary/aromatic N) is 3. The van der Waals surface area contributed by atoms with Crippen molar-refractivity contribution in [1.29, 1.82) is 0 Å². The zero-order valence-electron chi connectivity index (χ0n) is 19.4. The Bertz CT molecular complexity index is 1320. The smallest absolute Gasteiger partial charge is 0.270 e. The molecule has 0 atom stereocenters. The molecule has 0 saturated carbocycles. The fourth-order valence-electron chi connectivity index (χ4n) is 4.03. The Kier molecular flexibility index (Phi) is 6.97. The topological polar surface area (TPSA) is 114 Å². The molecule has 0 aliphatic carbocycles. The molecule has 1 fully saturated rings. The first kappa shape index (κ1) is 24.1. The standard InChI is InChI=1S/C24H26N4O6S/c1-33-20-7-5-6-18(16-20)26-12-14-27(15-13-26)22-11-10-19(28(29)30)17-24(22)35(31,32)25-21-8-3-4-9-23(21)34-2/h3-11,16-17,25H,12-15H2,1-2H3. The number of para-hydroxylation sites is 2. The van der Waals surface area contributed by atoms with E-state index in [4.69, 9.17) is 9.47 Å². The van der Waals surface area contributed by atoms with Crippen molar-refractivity contribution in [2.45, 2.75) is 4.90 Å². The van der Waals surface area contributed by atoms with Crippen LogP contribution in [0.5, 0.6) is 11.5 Å². The fraction of sp³-hybridized carbons (Fsp3) is 0.250. The minimum absolute atomic E-state index is 0.160. The number of nitro benzene ring substituents is 1. The normalized spacial score (nSPS) is 13.9. The Balaban J connectivity index is 1.63. The second-order valence-electron chi connectivity index (χ2n) is 7.89. The minimum atomic E-state index is -4.16. The summed E-state index contributed by atoms with van der Waals surface area (Å²) in [6.07, 6.45) is 0. The van der Waals surface area contributed by atoms with Crippen LogP contribution < -0.4 is 24.0 Å². The molecule has 1 heterocycles. The van der Waals surface area contributed by atoms with E-state index in [0.717, 1.165) is 17.5 Å². The minimum Gasteiger partial charge on any atom is -0.497 e. The molecule has 11 heteroatoms. The number of non-ortho nitro benzene ring substituents is 1. The number of nitro groups is 1. The second-order valence-corrected chi connectivity index (χ2v) is 9.54. The van der Waals surface area contributed by atoms with E-state index < -0.39 is 14.9 Å². The summed E-state index contributed by atoms with van der Waals surface area (Å²) in [5, 5.41) is 11.4. The molecule has 0 amide bonds. The van der Waals surface area contributed by atoms with Crippen LogP contribution in [0.4, 0.5) is 22.7 Å². The molecule has 0 aromatic heterocycles. The number of sulfonamides is 1. The van der Waals surface area contributed by atoms with Gasteiger partial charge in [0.05, 0.1) is 30.5 Å². The molecule has 0 unspecified atom stereocenters. The predicted octanol–water partition coefficient (Wildman–Crippen LogP) is 3.74. The van der Waals surface area contributed by atoms with Crippen molar-refractivity contribution in [2.75, 3.05) is 54.9 Å². The Morgan fingerprint density at radius 3 is 2.29 bits per heavy atom. The van der Waals surface area contributed by atoms with Gasteiger partial charge in [0.25, 0.3) is 15.7 Å². The average Bonchev–Trinajstić information content (AvgIpc) is 2.88. The molecular formula is C24H26N4O6S. The quantitative estimate of drug-likeness (QED) is 0.369. The van der Waals surface area contributed by atoms with Crippen molar-refractivity contribution in [2.24, 2.45) is 0 Å². The van der Waals surface area contributed by atoms with E-state index in [0.29, 0.717) is 37.6 Å². The Morgan fingerprint density at radius 2 is 1.60 bits per heavy atom. The van der Waals surface area contributed by atoms with Crippen molar-refractivity contribution in [3.63, 3.8) is 0 Å². The lowest BCUT2D eigenvalue weighted by molar-refractivity contribution is -0.385. The van der Waals surface area contributed by atoms with Gasteiger partial charge >= 0.3 is 0 Å². The number of anilines is 3. The molecule has 0 bridgehead atoms. The maximum atomic E-state index is 13.4. The average molecular weight is 499 g/mol. The van der Waals surface area contributed by atoms with Gasteiger partial charge in [0, 0.05) is 50.1 Å². The maximum absolute atomic E-state index is 13.4. The lowest BCUT2D eigenvalue weighted by atomic mass is 10.2. The van der Waals surface area contributed by atoms with Gasteiger partial charge in [-0.2, -0.15) is 0 Å². The first-order valence-corrected chi connectivity index (χ1v) is 12.4. The molecule has 1 aliphatic heterocycles. The van der Waals surface area contributed by atoms with Gasteiger partial charge in [0.2, 0.25) is 0 Å². The molecule has 184 valence electrons. The molecule has 1 N–H and O–H groups in total. The van der Waals surface area contributed by atoms with Gasteiger partial charge < -0.3 is 19.3 Å². The number of rotatable bonds is 8. The summed E-state index contributed by atoms with van der Waals surface area (Å²) in [5.41, 5.74) is 1.36. The zero-order valence-corrected chi connectivity index (χ0v) is 20.2. The van der Waals surface area contributed by atoms with E-state index in [2.05, 4.69) is 9.62 Å². The summed E-state index contributed by atoms with van der Waals surface area (Å²) in [6.45, 7) is 2.35. The van der Waals surface area contributed by atoms with Crippen LogP contribution in [0.2, 0.25) is 0 Å². The van der Waals surface area contributed by atoms with E-state index in [1.54, 1.807) is 31.4 Å². The maximum Gasteiger partial charge on any atom is 0.270 e. The van der Waals surface area contributed by atoms with Crippen LogP contribution in [0.25, 0.3) is 0 Å². The van der Waals surface area contributed by atoms with E-state index in [-0.39, 0.29) is 16.3 Å².